The maximum atomic E-state index is 13.7. The molecule has 1 saturated heterocycles. The van der Waals surface area contributed by atoms with Crippen LogP contribution in [0.1, 0.15) is 25.8 Å². The highest BCUT2D eigenvalue weighted by atomic mass is 79.9. The van der Waals surface area contributed by atoms with Crippen LogP contribution >= 0.6 is 15.9 Å². The van der Waals surface area contributed by atoms with E-state index >= 15 is 0 Å². The summed E-state index contributed by atoms with van der Waals surface area (Å²) in [5.41, 5.74) is 5.77. The van der Waals surface area contributed by atoms with E-state index in [1.807, 2.05) is 13.8 Å². The average Bonchev–Trinajstić information content (AvgIpc) is 3.33. The van der Waals surface area contributed by atoms with Crippen molar-refractivity contribution in [2.75, 3.05) is 11.1 Å². The van der Waals surface area contributed by atoms with Gasteiger partial charge in [-0.3, -0.25) is 9.59 Å². The summed E-state index contributed by atoms with van der Waals surface area (Å²) < 4.78 is 42.4. The quantitative estimate of drug-likeness (QED) is 0.336. The molecule has 0 spiro atoms. The van der Waals surface area contributed by atoms with E-state index in [4.69, 9.17) is 5.73 Å². The van der Waals surface area contributed by atoms with Crippen LogP contribution < -0.4 is 11.1 Å². The smallest absolute Gasteiger partial charge is 0.383 e. The average molecular weight is 590 g/mol. The summed E-state index contributed by atoms with van der Waals surface area (Å²) in [4.78, 5) is 40.9. The molecule has 3 N–H and O–H groups in total. The highest BCUT2D eigenvalue weighted by Gasteiger charge is 2.43. The number of hydrogen-bond donors (Lipinski definition) is 2. The molecule has 3 aromatic heterocycles. The Labute approximate surface area is 223 Å². The third-order valence-electron chi connectivity index (χ3n) is 7.04. The van der Waals surface area contributed by atoms with Gasteiger partial charge in [-0.2, -0.15) is 13.2 Å². The first-order valence-corrected chi connectivity index (χ1v) is 12.6. The minimum absolute atomic E-state index is 0.00691. The van der Waals surface area contributed by atoms with Gasteiger partial charge < -0.3 is 20.5 Å². The van der Waals surface area contributed by atoms with Crippen molar-refractivity contribution >= 4 is 61.3 Å². The van der Waals surface area contributed by atoms with Crippen LogP contribution in [-0.4, -0.2) is 48.3 Å². The molecule has 5 rings (SSSR count). The number of nitrogens with two attached hydrogens (primary N) is 1. The zero-order valence-corrected chi connectivity index (χ0v) is 21.9. The lowest BCUT2D eigenvalue weighted by Gasteiger charge is -2.29. The molecular weight excluding hydrogens is 567 g/mol. The fourth-order valence-electron chi connectivity index (χ4n) is 5.03. The van der Waals surface area contributed by atoms with Gasteiger partial charge in [0.25, 0.3) is 0 Å². The molecule has 1 aliphatic rings. The van der Waals surface area contributed by atoms with Crippen molar-refractivity contribution in [1.29, 1.82) is 0 Å². The molecule has 198 valence electrons. The van der Waals surface area contributed by atoms with Crippen molar-refractivity contribution in [3.05, 3.63) is 52.9 Å². The van der Waals surface area contributed by atoms with Crippen LogP contribution in [0.2, 0.25) is 0 Å². The van der Waals surface area contributed by atoms with E-state index in [-0.39, 0.29) is 52.6 Å². The van der Waals surface area contributed by atoms with Crippen LogP contribution in [0.3, 0.4) is 0 Å². The van der Waals surface area contributed by atoms with Gasteiger partial charge in [-0.05, 0) is 65.5 Å². The first kappa shape index (κ1) is 25.9. The Morgan fingerprint density at radius 1 is 1.18 bits per heavy atom. The number of anilines is 2. The fraction of sp³-hybridized carbons (Fsp3) is 0.320. The topological polar surface area (TPSA) is 119 Å². The predicted molar refractivity (Wildman–Crippen MR) is 139 cm³/mol. The standard InChI is InChI=1S/C25H23BrF3N7O2/c1-12-8-17(24(38)34-19-5-3-4-18(26)33-19)36(13(12)2)20(37)10-35-16-7-6-14(25(27,28)29)9-15(16)21-22(30)31-11-32-23(21)35/h3-7,9,11-13,17H,8,10H2,1-2H3,(H2,30,31,32)(H,33,34,38)/t12-,13-,17+/m1/s1. The van der Waals surface area contributed by atoms with E-state index in [1.54, 1.807) is 18.2 Å². The molecule has 0 bridgehead atoms. The minimum atomic E-state index is -4.56. The van der Waals surface area contributed by atoms with Gasteiger partial charge in [0, 0.05) is 11.4 Å². The molecule has 38 heavy (non-hydrogen) atoms. The van der Waals surface area contributed by atoms with Crippen molar-refractivity contribution in [2.45, 2.75) is 45.1 Å². The van der Waals surface area contributed by atoms with Crippen LogP contribution in [0.15, 0.2) is 47.3 Å². The summed E-state index contributed by atoms with van der Waals surface area (Å²) in [5, 5.41) is 3.20. The van der Waals surface area contributed by atoms with Gasteiger partial charge >= 0.3 is 6.18 Å². The highest BCUT2D eigenvalue weighted by Crippen LogP contribution is 2.37. The Kier molecular flexibility index (Phi) is 6.49. The van der Waals surface area contributed by atoms with E-state index in [0.29, 0.717) is 22.4 Å². The number of hydrogen-bond acceptors (Lipinski definition) is 6. The van der Waals surface area contributed by atoms with Gasteiger partial charge in [0.2, 0.25) is 11.8 Å². The normalized spacial score (nSPS) is 19.8. The maximum absolute atomic E-state index is 13.7. The number of rotatable bonds is 4. The summed E-state index contributed by atoms with van der Waals surface area (Å²) in [6.07, 6.45) is -2.91. The minimum Gasteiger partial charge on any atom is -0.383 e. The Hall–Kier alpha value is -3.74. The number of nitrogens with zero attached hydrogens (tertiary/aromatic N) is 5. The van der Waals surface area contributed by atoms with E-state index in [1.165, 1.54) is 21.9 Å². The van der Waals surface area contributed by atoms with Crippen molar-refractivity contribution in [2.24, 2.45) is 5.92 Å². The molecule has 1 aliphatic heterocycles. The number of likely N-dealkylation sites (tertiary alicyclic amines) is 1. The lowest BCUT2D eigenvalue weighted by molar-refractivity contribution is -0.139. The van der Waals surface area contributed by atoms with E-state index in [9.17, 15) is 22.8 Å². The lowest BCUT2D eigenvalue weighted by Crippen LogP contribution is -2.47. The predicted octanol–water partition coefficient (Wildman–Crippen LogP) is 4.61. The molecule has 0 saturated carbocycles. The number of fused-ring (bicyclic) bond motifs is 3. The summed E-state index contributed by atoms with van der Waals surface area (Å²) in [5.74, 6) is -0.356. The lowest BCUT2D eigenvalue weighted by atomic mass is 10.0. The summed E-state index contributed by atoms with van der Waals surface area (Å²) >= 11 is 3.27. The Bertz CT molecular complexity index is 1570. The van der Waals surface area contributed by atoms with Crippen LogP contribution in [0.5, 0.6) is 0 Å². The molecule has 1 aromatic carbocycles. The van der Waals surface area contributed by atoms with Gasteiger partial charge in [0.15, 0.2) is 0 Å². The fourth-order valence-corrected chi connectivity index (χ4v) is 5.38. The Morgan fingerprint density at radius 2 is 1.95 bits per heavy atom. The number of pyridine rings is 1. The highest BCUT2D eigenvalue weighted by molar-refractivity contribution is 9.10. The van der Waals surface area contributed by atoms with Crippen molar-refractivity contribution in [3.8, 4) is 0 Å². The number of carbonyl (C=O) groups is 2. The molecule has 4 aromatic rings. The molecule has 9 nitrogen and oxygen atoms in total. The van der Waals surface area contributed by atoms with Gasteiger partial charge in [-0.15, -0.1) is 0 Å². The summed E-state index contributed by atoms with van der Waals surface area (Å²) in [6, 6.07) is 7.34. The van der Waals surface area contributed by atoms with E-state index < -0.39 is 17.8 Å². The Morgan fingerprint density at radius 3 is 2.66 bits per heavy atom. The van der Waals surface area contributed by atoms with Gasteiger partial charge in [0.1, 0.15) is 40.8 Å². The van der Waals surface area contributed by atoms with Crippen molar-refractivity contribution < 1.29 is 22.8 Å². The monoisotopic (exact) mass is 589 g/mol. The number of carbonyl (C=O) groups excluding carboxylic acids is 2. The van der Waals surface area contributed by atoms with Crippen LogP contribution in [-0.2, 0) is 22.3 Å². The molecule has 0 unspecified atom stereocenters. The number of amides is 2. The number of nitrogens with one attached hydrogen (secondary N) is 1. The molecule has 4 heterocycles. The molecule has 3 atom stereocenters. The van der Waals surface area contributed by atoms with Gasteiger partial charge in [-0.1, -0.05) is 13.0 Å². The van der Waals surface area contributed by atoms with Crippen molar-refractivity contribution in [3.63, 3.8) is 0 Å². The van der Waals surface area contributed by atoms with Gasteiger partial charge in [0.05, 0.1) is 16.5 Å². The number of nitrogen functional groups attached to an aromatic ring is 1. The second-order valence-corrected chi connectivity index (χ2v) is 10.2. The molecule has 0 radical (unpaired) electrons. The molecule has 1 fully saturated rings. The van der Waals surface area contributed by atoms with Gasteiger partial charge in [-0.25, -0.2) is 15.0 Å². The first-order valence-electron chi connectivity index (χ1n) is 11.8. The first-order chi connectivity index (χ1) is 18.0. The zero-order valence-electron chi connectivity index (χ0n) is 20.3. The van der Waals surface area contributed by atoms with Crippen molar-refractivity contribution in [1.82, 2.24) is 24.4 Å². The third-order valence-corrected chi connectivity index (χ3v) is 7.48. The molecule has 0 aliphatic carbocycles. The van der Waals surface area contributed by atoms with E-state index in [0.717, 1.165) is 12.1 Å². The molecular formula is C25H23BrF3N7O2. The number of halogens is 4. The second-order valence-electron chi connectivity index (χ2n) is 9.38. The number of aromatic nitrogens is 4. The number of alkyl halides is 3. The Balaban J connectivity index is 1.51. The summed E-state index contributed by atoms with van der Waals surface area (Å²) in [7, 11) is 0. The number of benzene rings is 1. The maximum Gasteiger partial charge on any atom is 0.416 e. The largest absolute Gasteiger partial charge is 0.416 e. The second kappa shape index (κ2) is 9.53. The SMILES string of the molecule is C[C@@H]1C[C@@H](C(=O)Nc2cccc(Br)n2)N(C(=O)Cn2c3ccc(C(F)(F)F)cc3c3c(N)ncnc32)[C@@H]1C. The zero-order chi connectivity index (χ0) is 27.4. The summed E-state index contributed by atoms with van der Waals surface area (Å²) in [6.45, 7) is 3.58. The van der Waals surface area contributed by atoms with Crippen LogP contribution in [0.4, 0.5) is 24.8 Å². The molecule has 2 amide bonds. The van der Waals surface area contributed by atoms with Crippen LogP contribution in [0.25, 0.3) is 21.9 Å². The van der Waals surface area contributed by atoms with E-state index in [2.05, 4.69) is 36.2 Å². The third kappa shape index (κ3) is 4.55. The molecule has 13 heteroatoms. The van der Waals surface area contributed by atoms with Crippen LogP contribution in [0, 0.1) is 5.92 Å².